The number of hydrogen-bond acceptors (Lipinski definition) is 4. The molecule has 0 unspecified atom stereocenters. The highest BCUT2D eigenvalue weighted by Gasteiger charge is 2.33. The first kappa shape index (κ1) is 28.7. The predicted octanol–water partition coefficient (Wildman–Crippen LogP) is 4.58. The van der Waals surface area contributed by atoms with Crippen LogP contribution >= 0.6 is 0 Å². The second kappa shape index (κ2) is 13.1. The number of nitrogens with zero attached hydrogens (tertiary/aromatic N) is 2. The summed E-state index contributed by atoms with van der Waals surface area (Å²) >= 11 is 0. The predicted molar refractivity (Wildman–Crippen MR) is 149 cm³/mol. The Hall–Kier alpha value is -2.87. The fourth-order valence-electron chi connectivity index (χ4n) is 5.12. The maximum Gasteiger partial charge on any atom is 0.244 e. The fraction of sp³-hybridized carbons (Fsp3) is 0.517. The number of aryl methyl sites for hydroxylation is 2. The van der Waals surface area contributed by atoms with Gasteiger partial charge in [-0.25, -0.2) is 8.42 Å². The standard InChI is InChI=1S/C29H41N3O4S/c1-5-24-15-10-11-18-27(24)32(37(4,35)36)21-28(33)31(20-23-14-12-13-22(3)19-23)26(6-2)29(34)30-25-16-8-7-9-17-25/h10-15,18-19,25-26H,5-9,16-17,20-21H2,1-4H3,(H,30,34)/t26-/m0/s1. The van der Waals surface area contributed by atoms with Crippen molar-refractivity contribution in [1.82, 2.24) is 10.2 Å². The van der Waals surface area contributed by atoms with Crippen LogP contribution in [0.25, 0.3) is 0 Å². The quantitative estimate of drug-likeness (QED) is 0.463. The van der Waals surface area contributed by atoms with Crippen LogP contribution in [0.1, 0.15) is 69.1 Å². The minimum atomic E-state index is -3.75. The summed E-state index contributed by atoms with van der Waals surface area (Å²) in [4.78, 5) is 28.9. The van der Waals surface area contributed by atoms with Gasteiger partial charge in [0.15, 0.2) is 0 Å². The van der Waals surface area contributed by atoms with E-state index in [0.717, 1.165) is 48.6 Å². The second-order valence-electron chi connectivity index (χ2n) is 10.0. The van der Waals surface area contributed by atoms with E-state index in [2.05, 4.69) is 5.32 Å². The highest BCUT2D eigenvalue weighted by molar-refractivity contribution is 7.92. The zero-order valence-electron chi connectivity index (χ0n) is 22.6. The lowest BCUT2D eigenvalue weighted by Gasteiger charge is -2.34. The number of para-hydroxylation sites is 1. The second-order valence-corrected chi connectivity index (χ2v) is 11.9. The van der Waals surface area contributed by atoms with Crippen LogP contribution in [0.5, 0.6) is 0 Å². The van der Waals surface area contributed by atoms with Crippen molar-refractivity contribution >= 4 is 27.5 Å². The Kier molecular flexibility index (Phi) is 10.1. The van der Waals surface area contributed by atoms with E-state index in [1.54, 1.807) is 17.0 Å². The Labute approximate surface area is 222 Å². The molecule has 0 radical (unpaired) electrons. The molecule has 7 nitrogen and oxygen atoms in total. The zero-order chi connectivity index (χ0) is 27.0. The molecule has 1 aliphatic carbocycles. The van der Waals surface area contributed by atoms with Gasteiger partial charge in [0.1, 0.15) is 12.6 Å². The Morgan fingerprint density at radius 2 is 1.73 bits per heavy atom. The molecule has 2 amide bonds. The molecule has 0 heterocycles. The van der Waals surface area contributed by atoms with Crippen molar-refractivity contribution < 1.29 is 18.0 Å². The first-order chi connectivity index (χ1) is 17.6. The Balaban J connectivity index is 1.94. The lowest BCUT2D eigenvalue weighted by atomic mass is 9.95. The molecule has 1 fully saturated rings. The van der Waals surface area contributed by atoms with Crippen LogP contribution in [-0.4, -0.2) is 50.0 Å². The summed E-state index contributed by atoms with van der Waals surface area (Å²) in [6, 6.07) is 14.5. The Bertz CT molecular complexity index is 1180. The summed E-state index contributed by atoms with van der Waals surface area (Å²) in [5.74, 6) is -0.571. The Morgan fingerprint density at radius 1 is 1.03 bits per heavy atom. The first-order valence-corrected chi connectivity index (χ1v) is 15.2. The van der Waals surface area contributed by atoms with E-state index in [4.69, 9.17) is 0 Å². The van der Waals surface area contributed by atoms with Crippen LogP contribution in [0.2, 0.25) is 0 Å². The van der Waals surface area contributed by atoms with Gasteiger partial charge in [-0.05, 0) is 49.8 Å². The van der Waals surface area contributed by atoms with Crippen molar-refractivity contribution in [2.24, 2.45) is 0 Å². The molecule has 1 N–H and O–H groups in total. The highest BCUT2D eigenvalue weighted by Crippen LogP contribution is 2.25. The maximum atomic E-state index is 13.9. The van der Waals surface area contributed by atoms with Crippen molar-refractivity contribution in [3.05, 3.63) is 65.2 Å². The molecule has 37 heavy (non-hydrogen) atoms. The molecule has 1 aliphatic rings. The molecule has 8 heteroatoms. The first-order valence-electron chi connectivity index (χ1n) is 13.3. The molecule has 1 atom stereocenters. The van der Waals surface area contributed by atoms with Gasteiger partial charge in [-0.2, -0.15) is 0 Å². The third kappa shape index (κ3) is 7.81. The number of rotatable bonds is 11. The third-order valence-corrected chi connectivity index (χ3v) is 8.22. The van der Waals surface area contributed by atoms with Gasteiger partial charge in [0.2, 0.25) is 21.8 Å². The van der Waals surface area contributed by atoms with Gasteiger partial charge in [-0.1, -0.05) is 81.1 Å². The van der Waals surface area contributed by atoms with E-state index in [1.807, 2.05) is 57.2 Å². The molecule has 2 aromatic rings. The smallest absolute Gasteiger partial charge is 0.244 e. The summed E-state index contributed by atoms with van der Waals surface area (Å²) in [6.45, 7) is 5.69. The summed E-state index contributed by atoms with van der Waals surface area (Å²) in [5, 5.41) is 3.17. The average Bonchev–Trinajstić information content (AvgIpc) is 2.87. The van der Waals surface area contributed by atoms with Crippen molar-refractivity contribution in [3.63, 3.8) is 0 Å². The fourth-order valence-corrected chi connectivity index (χ4v) is 6.00. The maximum absolute atomic E-state index is 13.9. The van der Waals surface area contributed by atoms with Crippen LogP contribution in [0, 0.1) is 6.92 Å². The average molecular weight is 528 g/mol. The van der Waals surface area contributed by atoms with Gasteiger partial charge in [-0.15, -0.1) is 0 Å². The number of benzene rings is 2. The highest BCUT2D eigenvalue weighted by atomic mass is 32.2. The minimum absolute atomic E-state index is 0.121. The van der Waals surface area contributed by atoms with E-state index < -0.39 is 22.0 Å². The zero-order valence-corrected chi connectivity index (χ0v) is 23.4. The number of anilines is 1. The van der Waals surface area contributed by atoms with Gasteiger partial charge in [-0.3, -0.25) is 13.9 Å². The molecule has 202 valence electrons. The lowest BCUT2D eigenvalue weighted by Crippen LogP contribution is -2.54. The van der Waals surface area contributed by atoms with Crippen molar-refractivity contribution in [3.8, 4) is 0 Å². The van der Waals surface area contributed by atoms with Crippen LogP contribution in [0.3, 0.4) is 0 Å². The van der Waals surface area contributed by atoms with Gasteiger partial charge in [0.25, 0.3) is 0 Å². The molecule has 3 rings (SSSR count). The normalized spacial score (nSPS) is 15.1. The monoisotopic (exact) mass is 527 g/mol. The van der Waals surface area contributed by atoms with Crippen LogP contribution in [0.15, 0.2) is 48.5 Å². The lowest BCUT2D eigenvalue weighted by molar-refractivity contribution is -0.140. The number of sulfonamides is 1. The topological polar surface area (TPSA) is 86.8 Å². The molecular weight excluding hydrogens is 486 g/mol. The number of carbonyl (C=O) groups excluding carboxylic acids is 2. The van der Waals surface area contributed by atoms with Crippen molar-refractivity contribution in [1.29, 1.82) is 0 Å². The van der Waals surface area contributed by atoms with Gasteiger partial charge >= 0.3 is 0 Å². The molecule has 2 aromatic carbocycles. The minimum Gasteiger partial charge on any atom is -0.352 e. The molecule has 0 bridgehead atoms. The third-order valence-electron chi connectivity index (χ3n) is 7.09. The van der Waals surface area contributed by atoms with E-state index in [1.165, 1.54) is 10.7 Å². The van der Waals surface area contributed by atoms with E-state index in [-0.39, 0.29) is 25.0 Å². The molecule has 1 saturated carbocycles. The van der Waals surface area contributed by atoms with Crippen LogP contribution < -0.4 is 9.62 Å². The molecule has 0 aliphatic heterocycles. The largest absolute Gasteiger partial charge is 0.352 e. The summed E-state index contributed by atoms with van der Waals surface area (Å²) < 4.78 is 26.9. The van der Waals surface area contributed by atoms with Gasteiger partial charge in [0, 0.05) is 12.6 Å². The van der Waals surface area contributed by atoms with E-state index in [9.17, 15) is 18.0 Å². The summed E-state index contributed by atoms with van der Waals surface area (Å²) in [5.41, 5.74) is 3.29. The molecule has 0 spiro atoms. The summed E-state index contributed by atoms with van der Waals surface area (Å²) in [6.07, 6.45) is 7.44. The number of carbonyl (C=O) groups is 2. The molecule has 0 saturated heterocycles. The van der Waals surface area contributed by atoms with E-state index >= 15 is 0 Å². The Morgan fingerprint density at radius 3 is 2.35 bits per heavy atom. The van der Waals surface area contributed by atoms with Crippen molar-refractivity contribution in [2.45, 2.75) is 84.3 Å². The molecular formula is C29H41N3O4S. The number of amides is 2. The van der Waals surface area contributed by atoms with Gasteiger partial charge < -0.3 is 10.2 Å². The number of nitrogens with one attached hydrogen (secondary N) is 1. The van der Waals surface area contributed by atoms with Crippen molar-refractivity contribution in [2.75, 3.05) is 17.1 Å². The molecule has 0 aromatic heterocycles. The van der Waals surface area contributed by atoms with E-state index in [0.29, 0.717) is 18.5 Å². The SMILES string of the molecule is CCc1ccccc1N(CC(=O)N(Cc1cccc(C)c1)[C@@H](CC)C(=O)NC1CCCCC1)S(C)(=O)=O. The summed E-state index contributed by atoms with van der Waals surface area (Å²) in [7, 11) is -3.75. The van der Waals surface area contributed by atoms with Crippen LogP contribution in [0.4, 0.5) is 5.69 Å². The van der Waals surface area contributed by atoms with Gasteiger partial charge in [0.05, 0.1) is 11.9 Å². The van der Waals surface area contributed by atoms with Crippen LogP contribution in [-0.2, 0) is 32.6 Å². The number of hydrogen-bond donors (Lipinski definition) is 1.